The van der Waals surface area contributed by atoms with Crippen LogP contribution < -0.4 is 15.6 Å². The van der Waals surface area contributed by atoms with Crippen LogP contribution in [-0.4, -0.2) is 28.8 Å². The molecule has 0 radical (unpaired) electrons. The molecule has 256 valence electrons. The van der Waals surface area contributed by atoms with Crippen molar-refractivity contribution in [3.63, 3.8) is 0 Å². The summed E-state index contributed by atoms with van der Waals surface area (Å²) in [6.07, 6.45) is 13.7. The smallest absolute Gasteiger partial charge is 0.282 e. The number of hydrogen-bond acceptors (Lipinski definition) is 7. The Morgan fingerprint density at radius 3 is 2.06 bits per heavy atom. The molecule has 0 saturated heterocycles. The molecule has 3 N–H and O–H groups in total. The van der Waals surface area contributed by atoms with Gasteiger partial charge in [-0.3, -0.25) is 9.59 Å². The van der Waals surface area contributed by atoms with Crippen LogP contribution in [0.2, 0.25) is 20.1 Å². The monoisotopic (exact) mass is 732 g/mol. The quantitative estimate of drug-likeness (QED) is 0.0945. The van der Waals surface area contributed by atoms with Crippen molar-refractivity contribution in [2.75, 3.05) is 15.6 Å². The van der Waals surface area contributed by atoms with Gasteiger partial charge in [-0.25, -0.2) is 0 Å². The van der Waals surface area contributed by atoms with Crippen LogP contribution in [0.25, 0.3) is 0 Å². The van der Waals surface area contributed by atoms with Crippen molar-refractivity contribution in [1.82, 2.24) is 0 Å². The van der Waals surface area contributed by atoms with Gasteiger partial charge in [0.2, 0.25) is 11.9 Å². The number of amides is 2. The first-order valence-corrected chi connectivity index (χ1v) is 17.8. The minimum absolute atomic E-state index is 0.0634. The van der Waals surface area contributed by atoms with Crippen LogP contribution in [0.15, 0.2) is 69.9 Å². The molecule has 1 atom stereocenters. The Morgan fingerprint density at radius 1 is 0.833 bits per heavy atom. The number of benzene rings is 3. The van der Waals surface area contributed by atoms with Crippen LogP contribution in [0.4, 0.5) is 22.7 Å². The Balaban J connectivity index is 1.40. The van der Waals surface area contributed by atoms with Gasteiger partial charge in [0.25, 0.3) is 5.91 Å². The molecule has 0 aliphatic carbocycles. The molecule has 0 fully saturated rings. The second-order valence-electron chi connectivity index (χ2n) is 11.6. The van der Waals surface area contributed by atoms with E-state index in [0.29, 0.717) is 33.5 Å². The van der Waals surface area contributed by atoms with Gasteiger partial charge in [-0.2, -0.15) is 15.2 Å². The molecule has 1 unspecified atom stereocenters. The molecule has 0 saturated carbocycles. The molecule has 0 aromatic heterocycles. The Kier molecular flexibility index (Phi) is 14.8. The van der Waals surface area contributed by atoms with Crippen molar-refractivity contribution in [2.24, 2.45) is 15.3 Å². The lowest BCUT2D eigenvalue weighted by atomic mass is 10.1. The Morgan fingerprint density at radius 2 is 1.44 bits per heavy atom. The number of unbranched alkanes of at least 4 members (excludes halogenated alkanes) is 10. The maximum absolute atomic E-state index is 13.7. The van der Waals surface area contributed by atoms with Gasteiger partial charge in [-0.15, -0.1) is 5.10 Å². The molecule has 1 aliphatic heterocycles. The highest BCUT2D eigenvalue weighted by molar-refractivity contribution is 6.43. The van der Waals surface area contributed by atoms with Gasteiger partial charge in [0.05, 0.1) is 26.4 Å². The summed E-state index contributed by atoms with van der Waals surface area (Å²) in [4.78, 5) is 26.4. The van der Waals surface area contributed by atoms with Crippen LogP contribution in [0.5, 0.6) is 5.75 Å². The average Bonchev–Trinajstić information content (AvgIpc) is 3.34. The summed E-state index contributed by atoms with van der Waals surface area (Å²) in [7, 11) is 0. The van der Waals surface area contributed by atoms with E-state index >= 15 is 0 Å². The van der Waals surface area contributed by atoms with Gasteiger partial charge in [-0.1, -0.05) is 118 Å². The van der Waals surface area contributed by atoms with Crippen molar-refractivity contribution in [2.45, 2.75) is 90.0 Å². The number of hydrogen-bond donors (Lipinski definition) is 3. The van der Waals surface area contributed by atoms with E-state index in [1.165, 1.54) is 75.6 Å². The molecule has 9 nitrogen and oxygen atoms in total. The van der Waals surface area contributed by atoms with Crippen molar-refractivity contribution in [3.05, 3.63) is 74.7 Å². The fourth-order valence-corrected chi connectivity index (χ4v) is 6.33. The second kappa shape index (κ2) is 19.0. The van der Waals surface area contributed by atoms with Gasteiger partial charge < -0.3 is 15.7 Å². The number of halogens is 4. The number of nitrogens with zero attached hydrogens (tertiary/aromatic N) is 4. The molecule has 1 heterocycles. The molecule has 3 aromatic carbocycles. The summed E-state index contributed by atoms with van der Waals surface area (Å²) in [5.41, 5.74) is 1.45. The molecule has 0 spiro atoms. The number of azo groups is 1. The van der Waals surface area contributed by atoms with Crippen LogP contribution in [0.1, 0.15) is 84.0 Å². The van der Waals surface area contributed by atoms with E-state index in [1.54, 1.807) is 30.3 Å². The number of carbonyl (C=O) groups is 2. The molecule has 13 heteroatoms. The molecule has 3 aromatic rings. The van der Waals surface area contributed by atoms with Crippen LogP contribution >= 0.6 is 46.4 Å². The zero-order valence-electron chi connectivity index (χ0n) is 26.8. The van der Waals surface area contributed by atoms with Crippen LogP contribution in [-0.2, 0) is 9.59 Å². The second-order valence-corrected chi connectivity index (χ2v) is 13.3. The van der Waals surface area contributed by atoms with E-state index in [1.807, 2.05) is 0 Å². The number of anilines is 3. The summed E-state index contributed by atoms with van der Waals surface area (Å²) in [5, 5.41) is 30.4. The van der Waals surface area contributed by atoms with E-state index in [2.05, 4.69) is 32.9 Å². The number of phenols is 1. The number of amidine groups is 1. The van der Waals surface area contributed by atoms with Crippen molar-refractivity contribution in [1.29, 1.82) is 0 Å². The summed E-state index contributed by atoms with van der Waals surface area (Å²) < 4.78 is 0. The lowest BCUT2D eigenvalue weighted by Gasteiger charge is -2.15. The number of aromatic hydroxyl groups is 1. The molecule has 2 amide bonds. The molecular weight excluding hydrogens is 694 g/mol. The minimum Gasteiger partial charge on any atom is -0.508 e. The van der Waals surface area contributed by atoms with E-state index in [9.17, 15) is 14.7 Å². The van der Waals surface area contributed by atoms with Gasteiger partial charge in [0, 0.05) is 17.1 Å². The predicted octanol–water partition coefficient (Wildman–Crippen LogP) is 11.6. The third kappa shape index (κ3) is 11.1. The zero-order valence-corrected chi connectivity index (χ0v) is 29.8. The SMILES string of the molecule is CCCCCCCCCCCCCC(=O)Nc1ccc(Cl)c(NC2=NN(c3c(Cl)cc(Cl)cc3Cl)C(=O)C2/N=N/c2ccc(O)cc2)c1. The Labute approximate surface area is 301 Å². The van der Waals surface area contributed by atoms with Gasteiger partial charge in [0.1, 0.15) is 11.4 Å². The van der Waals surface area contributed by atoms with E-state index in [0.717, 1.165) is 24.3 Å². The largest absolute Gasteiger partial charge is 0.508 e. The topological polar surface area (TPSA) is 119 Å². The normalized spacial score (nSPS) is 14.5. The molecule has 0 bridgehead atoms. The van der Waals surface area contributed by atoms with Crippen molar-refractivity contribution < 1.29 is 14.7 Å². The third-order valence-corrected chi connectivity index (χ3v) is 8.89. The highest BCUT2D eigenvalue weighted by atomic mass is 35.5. The summed E-state index contributed by atoms with van der Waals surface area (Å²) >= 11 is 25.5. The van der Waals surface area contributed by atoms with Crippen LogP contribution in [0.3, 0.4) is 0 Å². The average molecular weight is 735 g/mol. The maximum atomic E-state index is 13.7. The highest BCUT2D eigenvalue weighted by Gasteiger charge is 2.39. The summed E-state index contributed by atoms with van der Waals surface area (Å²) in [6.45, 7) is 2.24. The molecular formula is C35H40Cl4N6O3. The third-order valence-electron chi connectivity index (χ3n) is 7.76. The molecule has 1 aliphatic rings. The van der Waals surface area contributed by atoms with E-state index in [-0.39, 0.29) is 33.2 Å². The number of hydrazone groups is 1. The van der Waals surface area contributed by atoms with E-state index < -0.39 is 11.9 Å². The summed E-state index contributed by atoms with van der Waals surface area (Å²) in [6, 6.07) is 12.7. The Hall–Kier alpha value is -3.37. The fourth-order valence-electron chi connectivity index (χ4n) is 5.19. The predicted molar refractivity (Wildman–Crippen MR) is 198 cm³/mol. The van der Waals surface area contributed by atoms with E-state index in [4.69, 9.17) is 46.4 Å². The number of phenolic OH excluding ortho intramolecular Hbond substituents is 1. The number of nitrogens with one attached hydrogen (secondary N) is 2. The first-order valence-electron chi connectivity index (χ1n) is 16.3. The fraction of sp³-hybridized carbons (Fsp3) is 0.400. The van der Waals surface area contributed by atoms with Crippen molar-refractivity contribution >= 4 is 86.8 Å². The first-order chi connectivity index (χ1) is 23.2. The van der Waals surface area contributed by atoms with Gasteiger partial charge in [-0.05, 0) is 61.0 Å². The lowest BCUT2D eigenvalue weighted by molar-refractivity contribution is -0.118. The number of carbonyl (C=O) groups excluding carboxylic acids is 2. The first kappa shape index (κ1) is 37.4. The maximum Gasteiger partial charge on any atom is 0.282 e. The number of rotatable bonds is 17. The molecule has 48 heavy (non-hydrogen) atoms. The zero-order chi connectivity index (χ0) is 34.5. The van der Waals surface area contributed by atoms with Crippen LogP contribution in [0, 0.1) is 0 Å². The standard InChI is InChI=1S/C35H40Cl4N6O3/c1-2-3-4-5-6-7-8-9-10-11-12-13-31(47)40-25-16-19-27(37)30(22-25)41-34-32(43-42-24-14-17-26(46)18-15-24)35(48)45(44-34)33-28(38)20-23(36)21-29(33)39/h14-22,32,46H,2-13H2,1H3,(H,40,47)(H,41,44)/b43-42+. The van der Waals surface area contributed by atoms with Gasteiger partial charge >= 0.3 is 0 Å². The van der Waals surface area contributed by atoms with Crippen molar-refractivity contribution in [3.8, 4) is 5.75 Å². The summed E-state index contributed by atoms with van der Waals surface area (Å²) in [5.74, 6) is -0.519. The van der Waals surface area contributed by atoms with Gasteiger partial charge in [0.15, 0.2) is 5.84 Å². The highest BCUT2D eigenvalue weighted by Crippen LogP contribution is 2.39. The lowest BCUT2D eigenvalue weighted by Crippen LogP contribution is -2.33. The Bertz CT molecular complexity index is 1590. The molecule has 4 rings (SSSR count). The minimum atomic E-state index is -1.23.